The van der Waals surface area contributed by atoms with E-state index in [2.05, 4.69) is 65.8 Å². The van der Waals surface area contributed by atoms with Crippen LogP contribution in [0.1, 0.15) is 42.5 Å². The number of fused-ring (bicyclic) bond motifs is 3. The second-order valence-corrected chi connectivity index (χ2v) is 8.34. The molecular formula is C25H29ClN2O. The van der Waals surface area contributed by atoms with E-state index in [1.54, 1.807) is 7.11 Å². The number of rotatable bonds is 3. The predicted molar refractivity (Wildman–Crippen MR) is 123 cm³/mol. The topological polar surface area (TPSA) is 37.0 Å². The van der Waals surface area contributed by atoms with Crippen molar-refractivity contribution in [2.24, 2.45) is 5.92 Å². The number of methoxy groups -OCH3 is 1. The fourth-order valence-corrected chi connectivity index (χ4v) is 5.19. The lowest BCUT2D eigenvalue weighted by atomic mass is 9.74. The fourth-order valence-electron chi connectivity index (χ4n) is 5.19. The van der Waals surface area contributed by atoms with Crippen molar-refractivity contribution in [3.8, 4) is 5.75 Å². The standard InChI is InChI=1S/C25H28N2O.ClH/c1-16-12-19(24-14-18(10-11-26-24)17-6-4-3-5-7-17)13-22-21-15-20(28-2)8-9-23(21)27-25(16)22;/h3-10,15-16,19,24,26-27H,11-14H2,1-2H3;1H. The number of benzene rings is 2. The summed E-state index contributed by atoms with van der Waals surface area (Å²) in [6.45, 7) is 3.34. The van der Waals surface area contributed by atoms with Crippen LogP contribution in [0.2, 0.25) is 0 Å². The molecule has 5 rings (SSSR count). The minimum atomic E-state index is 0. The van der Waals surface area contributed by atoms with Crippen LogP contribution in [0.3, 0.4) is 0 Å². The Hall–Kier alpha value is -2.23. The van der Waals surface area contributed by atoms with E-state index in [1.807, 2.05) is 6.07 Å². The molecule has 3 nitrogen and oxygen atoms in total. The normalized spacial score (nSPS) is 23.8. The summed E-state index contributed by atoms with van der Waals surface area (Å²) in [6, 6.07) is 17.8. The van der Waals surface area contributed by atoms with Crippen molar-refractivity contribution in [1.29, 1.82) is 0 Å². The molecule has 2 aromatic carbocycles. The highest BCUT2D eigenvalue weighted by molar-refractivity contribution is 5.86. The van der Waals surface area contributed by atoms with E-state index >= 15 is 0 Å². The van der Waals surface area contributed by atoms with Crippen molar-refractivity contribution in [2.75, 3.05) is 13.7 Å². The summed E-state index contributed by atoms with van der Waals surface area (Å²) in [5.41, 5.74) is 7.02. The summed E-state index contributed by atoms with van der Waals surface area (Å²) in [4.78, 5) is 3.69. The van der Waals surface area contributed by atoms with Gasteiger partial charge in [0.2, 0.25) is 0 Å². The van der Waals surface area contributed by atoms with E-state index in [0.717, 1.165) is 25.1 Å². The highest BCUT2D eigenvalue weighted by Gasteiger charge is 2.33. The molecule has 0 saturated heterocycles. The van der Waals surface area contributed by atoms with Gasteiger partial charge in [0.25, 0.3) is 0 Å². The number of hydrogen-bond acceptors (Lipinski definition) is 2. The van der Waals surface area contributed by atoms with Gasteiger partial charge in [0.1, 0.15) is 5.75 Å². The summed E-state index contributed by atoms with van der Waals surface area (Å²) >= 11 is 0. The molecule has 2 aliphatic rings. The first kappa shape index (κ1) is 20.1. The Kier molecular flexibility index (Phi) is 5.71. The molecule has 2 heterocycles. The molecule has 0 amide bonds. The van der Waals surface area contributed by atoms with Crippen molar-refractivity contribution in [3.05, 3.63) is 71.4 Å². The van der Waals surface area contributed by atoms with Crippen molar-refractivity contribution >= 4 is 28.9 Å². The molecule has 29 heavy (non-hydrogen) atoms. The maximum absolute atomic E-state index is 5.48. The second-order valence-electron chi connectivity index (χ2n) is 8.34. The van der Waals surface area contributed by atoms with Gasteiger partial charge in [0.15, 0.2) is 0 Å². The molecule has 0 spiro atoms. The van der Waals surface area contributed by atoms with Crippen LogP contribution in [-0.2, 0) is 6.42 Å². The maximum atomic E-state index is 5.48. The molecule has 2 N–H and O–H groups in total. The van der Waals surface area contributed by atoms with Crippen molar-refractivity contribution in [2.45, 2.75) is 38.1 Å². The molecule has 4 heteroatoms. The van der Waals surface area contributed by atoms with E-state index in [4.69, 9.17) is 4.74 Å². The van der Waals surface area contributed by atoms with Gasteiger partial charge >= 0.3 is 0 Å². The predicted octanol–water partition coefficient (Wildman–Crippen LogP) is 5.71. The molecule has 0 bridgehead atoms. The number of hydrogen-bond donors (Lipinski definition) is 2. The van der Waals surface area contributed by atoms with Crippen molar-refractivity contribution in [1.82, 2.24) is 10.3 Å². The minimum absolute atomic E-state index is 0. The van der Waals surface area contributed by atoms with Crippen LogP contribution < -0.4 is 10.1 Å². The molecule has 0 saturated carbocycles. The molecule has 1 aromatic heterocycles. The number of aromatic amines is 1. The number of aromatic nitrogens is 1. The molecule has 1 aliphatic heterocycles. The molecule has 3 aromatic rings. The van der Waals surface area contributed by atoms with Gasteiger partial charge in [-0.05, 0) is 66.0 Å². The Morgan fingerprint density at radius 2 is 1.86 bits per heavy atom. The smallest absolute Gasteiger partial charge is 0.119 e. The third kappa shape index (κ3) is 3.70. The third-order valence-corrected chi connectivity index (χ3v) is 6.64. The first-order valence-corrected chi connectivity index (χ1v) is 10.4. The van der Waals surface area contributed by atoms with Crippen molar-refractivity contribution in [3.63, 3.8) is 0 Å². The SMILES string of the molecule is COc1ccc2[nH]c3c(c2c1)CC(C1CC(c2ccccc2)=CCN1)CC3C.Cl. The van der Waals surface area contributed by atoms with Gasteiger partial charge in [0.05, 0.1) is 7.11 Å². The number of nitrogens with one attached hydrogen (secondary N) is 2. The summed E-state index contributed by atoms with van der Waals surface area (Å²) in [5, 5.41) is 5.13. The van der Waals surface area contributed by atoms with Gasteiger partial charge in [-0.15, -0.1) is 12.4 Å². The molecule has 152 valence electrons. The van der Waals surface area contributed by atoms with Gasteiger partial charge in [-0.3, -0.25) is 0 Å². The Morgan fingerprint density at radius 1 is 1.03 bits per heavy atom. The Labute approximate surface area is 179 Å². The minimum Gasteiger partial charge on any atom is -0.497 e. The van der Waals surface area contributed by atoms with Crippen LogP contribution in [0.15, 0.2) is 54.6 Å². The molecular weight excluding hydrogens is 380 g/mol. The monoisotopic (exact) mass is 408 g/mol. The lowest BCUT2D eigenvalue weighted by Crippen LogP contribution is -2.41. The van der Waals surface area contributed by atoms with Crippen molar-refractivity contribution < 1.29 is 4.74 Å². The fraction of sp³-hybridized carbons (Fsp3) is 0.360. The van der Waals surface area contributed by atoms with E-state index in [9.17, 15) is 0 Å². The molecule has 3 unspecified atom stereocenters. The highest BCUT2D eigenvalue weighted by Crippen LogP contribution is 2.42. The van der Waals surface area contributed by atoms with Gasteiger partial charge in [-0.1, -0.05) is 43.3 Å². The lowest BCUT2D eigenvalue weighted by Gasteiger charge is -2.36. The molecule has 0 fully saturated rings. The van der Waals surface area contributed by atoms with E-state index in [0.29, 0.717) is 17.9 Å². The van der Waals surface area contributed by atoms with Crippen LogP contribution in [0.5, 0.6) is 5.75 Å². The molecule has 0 radical (unpaired) electrons. The van der Waals surface area contributed by atoms with Gasteiger partial charge in [0, 0.05) is 29.2 Å². The number of ether oxygens (including phenoxy) is 1. The maximum Gasteiger partial charge on any atom is 0.119 e. The van der Waals surface area contributed by atoms with E-state index in [-0.39, 0.29) is 12.4 Å². The Bertz CT molecular complexity index is 1020. The summed E-state index contributed by atoms with van der Waals surface area (Å²) in [6.07, 6.45) is 5.84. The zero-order valence-corrected chi connectivity index (χ0v) is 17.9. The van der Waals surface area contributed by atoms with Crippen LogP contribution >= 0.6 is 12.4 Å². The lowest BCUT2D eigenvalue weighted by molar-refractivity contribution is 0.306. The van der Waals surface area contributed by atoms with E-state index in [1.165, 1.54) is 39.7 Å². The summed E-state index contributed by atoms with van der Waals surface area (Å²) < 4.78 is 5.48. The van der Waals surface area contributed by atoms with Crippen LogP contribution in [0.4, 0.5) is 0 Å². The van der Waals surface area contributed by atoms with Gasteiger partial charge < -0.3 is 15.0 Å². The quantitative estimate of drug-likeness (QED) is 0.582. The third-order valence-electron chi connectivity index (χ3n) is 6.64. The van der Waals surface area contributed by atoms with Crippen LogP contribution in [0.25, 0.3) is 16.5 Å². The van der Waals surface area contributed by atoms with Gasteiger partial charge in [-0.2, -0.15) is 0 Å². The zero-order valence-electron chi connectivity index (χ0n) is 17.1. The Balaban J connectivity index is 0.00000205. The number of halogens is 1. The first-order chi connectivity index (χ1) is 13.7. The number of H-pyrrole nitrogens is 1. The largest absolute Gasteiger partial charge is 0.497 e. The first-order valence-electron chi connectivity index (χ1n) is 10.4. The Morgan fingerprint density at radius 3 is 2.66 bits per heavy atom. The zero-order chi connectivity index (χ0) is 19.1. The summed E-state index contributed by atoms with van der Waals surface area (Å²) in [5.74, 6) is 2.15. The second kappa shape index (κ2) is 8.25. The molecule has 3 atom stereocenters. The van der Waals surface area contributed by atoms with Gasteiger partial charge in [-0.25, -0.2) is 0 Å². The van der Waals surface area contributed by atoms with Crippen LogP contribution in [0, 0.1) is 5.92 Å². The molecule has 1 aliphatic carbocycles. The average molecular weight is 409 g/mol. The van der Waals surface area contributed by atoms with Crippen LogP contribution in [-0.4, -0.2) is 24.7 Å². The average Bonchev–Trinajstić information content (AvgIpc) is 3.13. The highest BCUT2D eigenvalue weighted by atomic mass is 35.5. The summed E-state index contributed by atoms with van der Waals surface area (Å²) in [7, 11) is 1.75. The van der Waals surface area contributed by atoms with E-state index < -0.39 is 0 Å².